The van der Waals surface area contributed by atoms with Gasteiger partial charge in [-0.3, -0.25) is 4.79 Å². The number of halogens is 1. The van der Waals surface area contributed by atoms with Crippen LogP contribution in [-0.4, -0.2) is 43.7 Å². The summed E-state index contributed by atoms with van der Waals surface area (Å²) in [7, 11) is 6.42. The van der Waals surface area contributed by atoms with E-state index < -0.39 is 0 Å². The SMILES string of the molecule is CC1=CC[C@@H]2[C@@H](C1)c1c(OC(=O)CCC[N+](C)(C)C)cc(C(C)(C)CCCCC#N)cc1OC2(C)C.[I-]. The molecule has 1 heterocycles. The minimum absolute atomic E-state index is 0. The Labute approximate surface area is 242 Å². The van der Waals surface area contributed by atoms with E-state index in [9.17, 15) is 4.79 Å². The third-order valence-corrected chi connectivity index (χ3v) is 8.04. The number of carbonyl (C=O) groups is 1. The van der Waals surface area contributed by atoms with Crippen LogP contribution in [0.2, 0.25) is 0 Å². The molecule has 5 nitrogen and oxygen atoms in total. The third kappa shape index (κ3) is 8.20. The summed E-state index contributed by atoms with van der Waals surface area (Å²) in [6.45, 7) is 12.0. The Hall–Kier alpha value is -1.59. The number of rotatable bonds is 10. The molecule has 2 aliphatic rings. The van der Waals surface area contributed by atoms with Crippen molar-refractivity contribution in [3.63, 3.8) is 0 Å². The summed E-state index contributed by atoms with van der Waals surface area (Å²) in [6.07, 6.45) is 8.92. The number of quaternary nitrogens is 1. The van der Waals surface area contributed by atoms with Crippen LogP contribution in [0.5, 0.6) is 11.5 Å². The number of carbonyl (C=O) groups excluding carboxylic acids is 1. The molecule has 0 saturated carbocycles. The standard InChI is InChI=1S/C31H47N2O3.HI/c1-22-14-15-25-24(19-22)29-26(35-28(34)13-12-18-33(6,7)8)20-23(21-27(29)36-31(25,4)5)30(2,3)16-10-9-11-17-32;/h14,20-21,24-25H,9-13,15-16,18-19H2,1-8H3;1H/q+1;/p-1/t24-,25-;/m1./s1. The van der Waals surface area contributed by atoms with E-state index >= 15 is 0 Å². The largest absolute Gasteiger partial charge is 1.00 e. The van der Waals surface area contributed by atoms with Crippen LogP contribution in [0.1, 0.15) is 103 Å². The molecular weight excluding hydrogens is 575 g/mol. The van der Waals surface area contributed by atoms with Gasteiger partial charge in [0.15, 0.2) is 0 Å². The number of benzene rings is 1. The predicted octanol–water partition coefficient (Wildman–Crippen LogP) is 4.05. The van der Waals surface area contributed by atoms with E-state index in [4.69, 9.17) is 14.7 Å². The van der Waals surface area contributed by atoms with Gasteiger partial charge in [0.05, 0.1) is 40.2 Å². The first kappa shape index (κ1) is 31.6. The normalized spacial score (nSPS) is 20.4. The molecule has 0 radical (unpaired) electrons. The Kier molecular flexibility index (Phi) is 10.7. The van der Waals surface area contributed by atoms with Gasteiger partial charge in [-0.15, -0.1) is 0 Å². The molecule has 1 aromatic rings. The van der Waals surface area contributed by atoms with Gasteiger partial charge in [-0.05, 0) is 69.6 Å². The van der Waals surface area contributed by atoms with Crippen LogP contribution in [0, 0.1) is 17.2 Å². The number of hydrogen-bond donors (Lipinski definition) is 0. The monoisotopic (exact) mass is 622 g/mol. The van der Waals surface area contributed by atoms with Crippen molar-refractivity contribution < 1.29 is 42.7 Å². The molecule has 0 fully saturated rings. The van der Waals surface area contributed by atoms with Crippen LogP contribution in [0.25, 0.3) is 0 Å². The average molecular weight is 623 g/mol. The van der Waals surface area contributed by atoms with Crippen LogP contribution >= 0.6 is 0 Å². The lowest BCUT2D eigenvalue weighted by Gasteiger charge is -2.47. The van der Waals surface area contributed by atoms with Crippen LogP contribution in [0.3, 0.4) is 0 Å². The fourth-order valence-electron chi connectivity index (χ4n) is 5.81. The highest BCUT2D eigenvalue weighted by Crippen LogP contribution is 2.55. The maximum Gasteiger partial charge on any atom is 0.311 e. The second kappa shape index (κ2) is 12.5. The predicted molar refractivity (Wildman–Crippen MR) is 145 cm³/mol. The van der Waals surface area contributed by atoms with Crippen molar-refractivity contribution in [2.75, 3.05) is 27.7 Å². The Morgan fingerprint density at radius 1 is 1.22 bits per heavy atom. The number of nitrogens with zero attached hydrogens (tertiary/aromatic N) is 2. The molecule has 0 N–H and O–H groups in total. The van der Waals surface area contributed by atoms with Crippen molar-refractivity contribution in [3.8, 4) is 17.6 Å². The number of nitriles is 1. The van der Waals surface area contributed by atoms with E-state index in [0.717, 1.165) is 66.4 Å². The molecule has 3 rings (SSSR count). The van der Waals surface area contributed by atoms with Gasteiger partial charge >= 0.3 is 5.97 Å². The molecule has 0 bridgehead atoms. The van der Waals surface area contributed by atoms with Crippen molar-refractivity contribution in [1.82, 2.24) is 0 Å². The first-order valence-corrected chi connectivity index (χ1v) is 13.6. The maximum absolute atomic E-state index is 13.0. The molecule has 1 aromatic carbocycles. The van der Waals surface area contributed by atoms with Gasteiger partial charge in [0.2, 0.25) is 0 Å². The van der Waals surface area contributed by atoms with Gasteiger partial charge in [0.25, 0.3) is 0 Å². The Morgan fingerprint density at radius 3 is 2.57 bits per heavy atom. The maximum atomic E-state index is 13.0. The zero-order chi connectivity index (χ0) is 26.7. The summed E-state index contributed by atoms with van der Waals surface area (Å²) in [6, 6.07) is 6.55. The number of esters is 1. The molecule has 1 aliphatic heterocycles. The highest BCUT2D eigenvalue weighted by molar-refractivity contribution is 5.74. The van der Waals surface area contributed by atoms with E-state index in [-0.39, 0.29) is 46.9 Å². The van der Waals surface area contributed by atoms with Gasteiger partial charge in [0.1, 0.15) is 17.1 Å². The summed E-state index contributed by atoms with van der Waals surface area (Å²) < 4.78 is 13.7. The lowest BCUT2D eigenvalue weighted by molar-refractivity contribution is -0.870. The second-order valence-electron chi connectivity index (χ2n) is 13.1. The molecule has 0 amide bonds. The Bertz CT molecular complexity index is 1030. The zero-order valence-electron chi connectivity index (χ0n) is 24.2. The first-order valence-electron chi connectivity index (χ1n) is 13.6. The Morgan fingerprint density at radius 2 is 1.92 bits per heavy atom. The van der Waals surface area contributed by atoms with Gasteiger partial charge in [0, 0.05) is 30.2 Å². The van der Waals surface area contributed by atoms with Crippen molar-refractivity contribution >= 4 is 5.97 Å². The van der Waals surface area contributed by atoms with E-state index in [1.807, 2.05) is 0 Å². The molecule has 0 aromatic heterocycles. The van der Waals surface area contributed by atoms with Crippen LogP contribution in [0.4, 0.5) is 0 Å². The van der Waals surface area contributed by atoms with Gasteiger partial charge < -0.3 is 37.9 Å². The summed E-state index contributed by atoms with van der Waals surface area (Å²) in [5.41, 5.74) is 3.17. The Balaban J connectivity index is 0.00000481. The van der Waals surface area contributed by atoms with Crippen molar-refractivity contribution in [3.05, 3.63) is 34.9 Å². The number of hydrogen-bond acceptors (Lipinski definition) is 4. The third-order valence-electron chi connectivity index (χ3n) is 8.04. The summed E-state index contributed by atoms with van der Waals surface area (Å²) in [5, 5.41) is 8.91. The number of ether oxygens (including phenoxy) is 2. The van der Waals surface area contributed by atoms with E-state index in [1.54, 1.807) is 0 Å². The number of allylic oxidation sites excluding steroid dienone is 2. The van der Waals surface area contributed by atoms with Crippen molar-refractivity contribution in [2.24, 2.45) is 5.92 Å². The molecule has 0 unspecified atom stereocenters. The molecule has 6 heteroatoms. The van der Waals surface area contributed by atoms with E-state index in [0.29, 0.717) is 24.5 Å². The summed E-state index contributed by atoms with van der Waals surface area (Å²) in [5.74, 6) is 2.00. The molecule has 1 aliphatic carbocycles. The minimum Gasteiger partial charge on any atom is -1.00 e. The van der Waals surface area contributed by atoms with E-state index in [2.05, 4.69) is 80.0 Å². The molecule has 0 spiro atoms. The average Bonchev–Trinajstić information content (AvgIpc) is 2.74. The molecule has 206 valence electrons. The highest BCUT2D eigenvalue weighted by atomic mass is 127. The summed E-state index contributed by atoms with van der Waals surface area (Å²) in [4.78, 5) is 13.0. The fraction of sp³-hybridized carbons (Fsp3) is 0.677. The minimum atomic E-state index is -0.295. The number of unbranched alkanes of at least 4 members (excludes halogenated alkanes) is 2. The molecule has 37 heavy (non-hydrogen) atoms. The smallest absolute Gasteiger partial charge is 0.311 e. The first-order chi connectivity index (χ1) is 16.7. The fourth-order valence-corrected chi connectivity index (χ4v) is 5.81. The molecule has 2 atom stereocenters. The van der Waals surface area contributed by atoms with Crippen molar-refractivity contribution in [2.45, 2.75) is 103 Å². The lowest BCUT2D eigenvalue weighted by Crippen LogP contribution is -3.00. The second-order valence-corrected chi connectivity index (χ2v) is 13.1. The van der Waals surface area contributed by atoms with Crippen LogP contribution < -0.4 is 33.5 Å². The van der Waals surface area contributed by atoms with Gasteiger partial charge in [-0.2, -0.15) is 5.26 Å². The molecular formula is C31H47IN2O3. The summed E-state index contributed by atoms with van der Waals surface area (Å²) >= 11 is 0. The zero-order valence-corrected chi connectivity index (χ0v) is 26.4. The van der Waals surface area contributed by atoms with E-state index in [1.165, 1.54) is 5.57 Å². The molecule has 0 saturated heterocycles. The number of fused-ring (bicyclic) bond motifs is 3. The topological polar surface area (TPSA) is 59.3 Å². The van der Waals surface area contributed by atoms with Gasteiger partial charge in [-0.1, -0.05) is 31.9 Å². The quantitative estimate of drug-likeness (QED) is 0.0988. The lowest BCUT2D eigenvalue weighted by atomic mass is 9.66. The van der Waals surface area contributed by atoms with Crippen LogP contribution in [0.15, 0.2) is 23.8 Å². The highest BCUT2D eigenvalue weighted by Gasteiger charge is 2.46. The van der Waals surface area contributed by atoms with Gasteiger partial charge in [-0.25, -0.2) is 0 Å². The van der Waals surface area contributed by atoms with Crippen LogP contribution in [-0.2, 0) is 10.2 Å². The van der Waals surface area contributed by atoms with Crippen molar-refractivity contribution in [1.29, 1.82) is 5.26 Å².